The van der Waals surface area contributed by atoms with Crippen molar-refractivity contribution in [3.05, 3.63) is 0 Å². The van der Waals surface area contributed by atoms with E-state index in [2.05, 4.69) is 10.1 Å². The molecule has 0 aliphatic carbocycles. The zero-order valence-electron chi connectivity index (χ0n) is 20.7. The van der Waals surface area contributed by atoms with Crippen molar-refractivity contribution in [3.8, 4) is 0 Å². The number of hydrogen-bond donors (Lipinski definition) is 1. The minimum atomic E-state index is 0.196. The molecule has 0 aromatic rings. The van der Waals surface area contributed by atoms with Gasteiger partial charge in [0.1, 0.15) is 5.71 Å². The number of nitrogens with zero attached hydrogens (tertiary/aromatic N) is 2. The van der Waals surface area contributed by atoms with Gasteiger partial charge in [-0.3, -0.25) is 4.99 Å². The van der Waals surface area contributed by atoms with Crippen molar-refractivity contribution in [2.45, 2.75) is 26.8 Å². The Morgan fingerprint density at radius 1 is 0.606 bits per heavy atom. The first kappa shape index (κ1) is 31.8. The molecule has 0 spiro atoms. The van der Waals surface area contributed by atoms with Crippen LogP contribution in [0.1, 0.15) is 20.8 Å². The van der Waals surface area contributed by atoms with E-state index in [1.54, 1.807) is 6.21 Å². The summed E-state index contributed by atoms with van der Waals surface area (Å²) in [6.07, 6.45) is 1.63. The largest absolute Gasteiger partial charge is 0.379 e. The average Bonchev–Trinajstić information content (AvgIpc) is 2.81. The van der Waals surface area contributed by atoms with Gasteiger partial charge in [0.25, 0.3) is 0 Å². The molecule has 0 fully saturated rings. The summed E-state index contributed by atoms with van der Waals surface area (Å²) in [4.78, 5) is 4.21. The second kappa shape index (κ2) is 27.1. The van der Waals surface area contributed by atoms with Crippen LogP contribution in [0, 0.1) is 0 Å². The molecule has 0 aromatic carbocycles. The van der Waals surface area contributed by atoms with E-state index in [-0.39, 0.29) is 6.04 Å². The predicted octanol–water partition coefficient (Wildman–Crippen LogP) is 0.933. The molecule has 11 nitrogen and oxygen atoms in total. The average molecular weight is 480 g/mol. The highest BCUT2D eigenvalue weighted by atomic mass is 16.6. The van der Waals surface area contributed by atoms with Crippen LogP contribution < -0.4 is 5.84 Å². The number of hydrogen-bond acceptors (Lipinski definition) is 11. The van der Waals surface area contributed by atoms with Gasteiger partial charge in [-0.2, -0.15) is 5.10 Å². The zero-order valence-corrected chi connectivity index (χ0v) is 20.7. The molecule has 0 aliphatic heterocycles. The molecule has 0 saturated carbocycles. The molecule has 33 heavy (non-hydrogen) atoms. The molecule has 0 unspecified atom stereocenters. The van der Waals surface area contributed by atoms with Crippen LogP contribution in [0.4, 0.5) is 0 Å². The number of rotatable bonds is 26. The molecule has 196 valence electrons. The third kappa shape index (κ3) is 26.9. The zero-order chi connectivity index (χ0) is 24.2. The molecule has 11 heteroatoms. The summed E-state index contributed by atoms with van der Waals surface area (Å²) in [5, 5.41) is 3.64. The van der Waals surface area contributed by atoms with Gasteiger partial charge in [-0.15, -0.1) is 0 Å². The molecule has 2 N–H and O–H groups in total. The SMILES string of the molecule is CCOCCOCCOCCOCCOCCOCCOCCOC/C(C=NC(C)C)=N/N. The summed E-state index contributed by atoms with van der Waals surface area (Å²) in [6.45, 7) is 14.3. The number of aliphatic imine (C=N–C) groups is 1. The van der Waals surface area contributed by atoms with Gasteiger partial charge in [-0.05, 0) is 20.8 Å². The summed E-state index contributed by atoms with van der Waals surface area (Å²) in [5.41, 5.74) is 0.598. The second-order valence-electron chi connectivity index (χ2n) is 6.92. The molecule has 0 amide bonds. The summed E-state index contributed by atoms with van der Waals surface area (Å²) in [6, 6.07) is 0.196. The highest BCUT2D eigenvalue weighted by Crippen LogP contribution is 1.87. The Morgan fingerprint density at radius 3 is 1.24 bits per heavy atom. The molecule has 0 aromatic heterocycles. The Morgan fingerprint density at radius 2 is 0.939 bits per heavy atom. The first-order valence-electron chi connectivity index (χ1n) is 11.6. The normalized spacial score (nSPS) is 12.4. The Bertz CT molecular complexity index is 453. The fraction of sp³-hybridized carbons (Fsp3) is 0.909. The molecule has 0 atom stereocenters. The van der Waals surface area contributed by atoms with Gasteiger partial charge in [-0.1, -0.05) is 0 Å². The van der Waals surface area contributed by atoms with Gasteiger partial charge in [0.2, 0.25) is 0 Å². The van der Waals surface area contributed by atoms with Crippen molar-refractivity contribution in [1.29, 1.82) is 0 Å². The topological polar surface area (TPSA) is 125 Å². The third-order valence-corrected chi connectivity index (χ3v) is 3.75. The smallest absolute Gasteiger partial charge is 0.103 e. The van der Waals surface area contributed by atoms with Crippen LogP contribution in [0.5, 0.6) is 0 Å². The molecule has 0 aliphatic rings. The molecule has 0 saturated heterocycles. The first-order chi connectivity index (χ1) is 16.2. The minimum absolute atomic E-state index is 0.196. The van der Waals surface area contributed by atoms with E-state index in [0.29, 0.717) is 111 Å². The van der Waals surface area contributed by atoms with E-state index < -0.39 is 0 Å². The van der Waals surface area contributed by atoms with E-state index in [1.807, 2.05) is 20.8 Å². The van der Waals surface area contributed by atoms with E-state index in [0.717, 1.165) is 0 Å². The molecular formula is C22H45N3O8. The van der Waals surface area contributed by atoms with Gasteiger partial charge >= 0.3 is 0 Å². The quantitative estimate of drug-likeness (QED) is 0.0835. The van der Waals surface area contributed by atoms with Crippen LogP contribution in [0.25, 0.3) is 0 Å². The number of hydrazone groups is 1. The molecular weight excluding hydrogens is 434 g/mol. The molecule has 0 bridgehead atoms. The minimum Gasteiger partial charge on any atom is -0.379 e. The fourth-order valence-corrected chi connectivity index (χ4v) is 2.10. The van der Waals surface area contributed by atoms with Gasteiger partial charge in [0, 0.05) is 18.9 Å². The van der Waals surface area contributed by atoms with Crippen LogP contribution in [0.3, 0.4) is 0 Å². The standard InChI is InChI=1S/C22H45N3O8/c1-4-26-5-6-27-7-8-28-9-10-29-11-12-30-13-14-31-15-16-32-17-18-33-20-22(25-23)19-24-21(2)3/h19,21H,4-18,20,23H2,1-3H3/b24-19?,25-22+. The Kier molecular flexibility index (Phi) is 26.1. The van der Waals surface area contributed by atoms with Crippen LogP contribution in [0.2, 0.25) is 0 Å². The summed E-state index contributed by atoms with van der Waals surface area (Å²) in [7, 11) is 0. The highest BCUT2D eigenvalue weighted by molar-refractivity contribution is 6.31. The van der Waals surface area contributed by atoms with E-state index >= 15 is 0 Å². The van der Waals surface area contributed by atoms with Crippen molar-refractivity contribution >= 4 is 11.9 Å². The first-order valence-corrected chi connectivity index (χ1v) is 11.6. The van der Waals surface area contributed by atoms with Gasteiger partial charge in [-0.25, -0.2) is 0 Å². The van der Waals surface area contributed by atoms with E-state index in [9.17, 15) is 0 Å². The van der Waals surface area contributed by atoms with Crippen molar-refractivity contribution < 1.29 is 37.9 Å². The maximum atomic E-state index is 5.44. The maximum Gasteiger partial charge on any atom is 0.103 e. The Labute approximate surface area is 198 Å². The lowest BCUT2D eigenvalue weighted by molar-refractivity contribution is -0.0221. The van der Waals surface area contributed by atoms with Crippen LogP contribution in [-0.2, 0) is 37.9 Å². The van der Waals surface area contributed by atoms with Crippen molar-refractivity contribution in [3.63, 3.8) is 0 Å². The fourth-order valence-electron chi connectivity index (χ4n) is 2.10. The molecule has 0 heterocycles. The molecule has 0 radical (unpaired) electrons. The lowest BCUT2D eigenvalue weighted by Crippen LogP contribution is -2.17. The second-order valence-corrected chi connectivity index (χ2v) is 6.92. The Hall–Kier alpha value is -1.18. The Balaban J connectivity index is 3.17. The van der Waals surface area contributed by atoms with Crippen LogP contribution in [0.15, 0.2) is 10.1 Å². The predicted molar refractivity (Wildman–Crippen MR) is 127 cm³/mol. The van der Waals surface area contributed by atoms with Crippen molar-refractivity contribution in [1.82, 2.24) is 0 Å². The monoisotopic (exact) mass is 479 g/mol. The van der Waals surface area contributed by atoms with Crippen molar-refractivity contribution in [2.24, 2.45) is 15.9 Å². The summed E-state index contributed by atoms with van der Waals surface area (Å²) >= 11 is 0. The summed E-state index contributed by atoms with van der Waals surface area (Å²) < 4.78 is 43.1. The van der Waals surface area contributed by atoms with Crippen LogP contribution in [-0.4, -0.2) is 124 Å². The molecule has 0 rings (SSSR count). The van der Waals surface area contributed by atoms with Crippen molar-refractivity contribution in [2.75, 3.05) is 106 Å². The van der Waals surface area contributed by atoms with Gasteiger partial charge in [0.05, 0.1) is 99.1 Å². The highest BCUT2D eigenvalue weighted by Gasteiger charge is 1.98. The number of ether oxygens (including phenoxy) is 8. The van der Waals surface area contributed by atoms with Crippen LogP contribution >= 0.6 is 0 Å². The number of nitrogens with two attached hydrogens (primary N) is 1. The van der Waals surface area contributed by atoms with E-state index in [4.69, 9.17) is 43.7 Å². The maximum absolute atomic E-state index is 5.44. The van der Waals surface area contributed by atoms with E-state index in [1.165, 1.54) is 0 Å². The summed E-state index contributed by atoms with van der Waals surface area (Å²) in [5.74, 6) is 5.29. The lowest BCUT2D eigenvalue weighted by atomic mass is 10.4. The van der Waals surface area contributed by atoms with Gasteiger partial charge in [0.15, 0.2) is 0 Å². The third-order valence-electron chi connectivity index (χ3n) is 3.75. The lowest BCUT2D eigenvalue weighted by Gasteiger charge is -2.08. The van der Waals surface area contributed by atoms with Gasteiger partial charge < -0.3 is 43.7 Å².